The number of rotatable bonds is 2. The summed E-state index contributed by atoms with van der Waals surface area (Å²) in [4.78, 5) is 2.52. The van der Waals surface area contributed by atoms with Crippen LogP contribution in [0.15, 0.2) is 18.2 Å². The van der Waals surface area contributed by atoms with Gasteiger partial charge < -0.3 is 4.74 Å². The summed E-state index contributed by atoms with van der Waals surface area (Å²) in [6.07, 6.45) is 0. The fourth-order valence-corrected chi connectivity index (χ4v) is 2.31. The fraction of sp³-hybridized carbons (Fsp3) is 0.647. The third-order valence-corrected chi connectivity index (χ3v) is 3.61. The van der Waals surface area contributed by atoms with Crippen LogP contribution >= 0.6 is 0 Å². The van der Waals surface area contributed by atoms with Crippen LogP contribution < -0.4 is 0 Å². The van der Waals surface area contributed by atoms with Gasteiger partial charge in [0.15, 0.2) is 0 Å². The molecule has 0 amide bonds. The normalized spacial score (nSPS) is 16.7. The molecule has 0 aromatic heterocycles. The first-order valence-corrected chi connectivity index (χ1v) is 7.15. The van der Waals surface area contributed by atoms with Gasteiger partial charge in [0.2, 0.25) is 0 Å². The van der Waals surface area contributed by atoms with Gasteiger partial charge in [0, 0.05) is 18.6 Å². The molecule has 0 atom stereocenters. The van der Waals surface area contributed by atoms with Crippen LogP contribution in [0.1, 0.15) is 58.2 Å². The monoisotopic (exact) mass is 261 g/mol. The molecular weight excluding hydrogens is 234 g/mol. The highest BCUT2D eigenvalue weighted by Gasteiger charge is 2.28. The van der Waals surface area contributed by atoms with Gasteiger partial charge in [0.05, 0.1) is 12.2 Å². The second-order valence-corrected chi connectivity index (χ2v) is 7.53. The van der Waals surface area contributed by atoms with E-state index >= 15 is 0 Å². The van der Waals surface area contributed by atoms with E-state index in [1.54, 1.807) is 0 Å². The van der Waals surface area contributed by atoms with Crippen molar-refractivity contribution in [2.24, 2.45) is 0 Å². The van der Waals surface area contributed by atoms with Gasteiger partial charge in [-0.05, 0) is 58.2 Å². The lowest BCUT2D eigenvalue weighted by atomic mass is 10.1. The van der Waals surface area contributed by atoms with Crippen molar-refractivity contribution >= 4 is 0 Å². The molecule has 2 heteroatoms. The zero-order valence-corrected chi connectivity index (χ0v) is 13.2. The summed E-state index contributed by atoms with van der Waals surface area (Å²) in [6, 6.07) is 6.78. The standard InChI is InChI=1S/C17H27NO/c1-16(2,3)18-10-14-8-7-13(9-15(14)11-18)12-19-17(4,5)6/h7-9H,10-12H2,1-6H3. The average molecular weight is 261 g/mol. The summed E-state index contributed by atoms with van der Waals surface area (Å²) in [6.45, 7) is 16.0. The Kier molecular flexibility index (Phi) is 3.76. The molecule has 0 spiro atoms. The molecule has 0 bridgehead atoms. The van der Waals surface area contributed by atoms with E-state index in [1.807, 2.05) is 0 Å². The molecule has 0 N–H and O–H groups in total. The maximum Gasteiger partial charge on any atom is 0.0724 e. The van der Waals surface area contributed by atoms with Gasteiger partial charge in [-0.3, -0.25) is 4.90 Å². The molecule has 1 aliphatic rings. The van der Waals surface area contributed by atoms with Crippen LogP contribution in [0.4, 0.5) is 0 Å². The average Bonchev–Trinajstić information content (AvgIpc) is 2.67. The first kappa shape index (κ1) is 14.5. The quantitative estimate of drug-likeness (QED) is 0.794. The molecule has 19 heavy (non-hydrogen) atoms. The number of ether oxygens (including phenoxy) is 1. The summed E-state index contributed by atoms with van der Waals surface area (Å²) in [5, 5.41) is 0. The van der Waals surface area contributed by atoms with Crippen LogP contribution in [-0.4, -0.2) is 16.0 Å². The molecule has 1 aromatic carbocycles. The Morgan fingerprint density at radius 1 is 1.00 bits per heavy atom. The number of nitrogens with zero attached hydrogens (tertiary/aromatic N) is 1. The van der Waals surface area contributed by atoms with E-state index in [1.165, 1.54) is 16.7 Å². The summed E-state index contributed by atoms with van der Waals surface area (Å²) >= 11 is 0. The van der Waals surface area contributed by atoms with Crippen LogP contribution in [0.5, 0.6) is 0 Å². The van der Waals surface area contributed by atoms with Gasteiger partial charge in [-0.1, -0.05) is 18.2 Å². The smallest absolute Gasteiger partial charge is 0.0724 e. The maximum atomic E-state index is 5.86. The van der Waals surface area contributed by atoms with E-state index < -0.39 is 0 Å². The van der Waals surface area contributed by atoms with Gasteiger partial charge in [-0.25, -0.2) is 0 Å². The minimum atomic E-state index is -0.0730. The van der Waals surface area contributed by atoms with Crippen molar-refractivity contribution in [3.8, 4) is 0 Å². The van der Waals surface area contributed by atoms with E-state index in [0.717, 1.165) is 13.1 Å². The first-order valence-electron chi connectivity index (χ1n) is 7.15. The summed E-state index contributed by atoms with van der Waals surface area (Å²) in [5.41, 5.74) is 4.38. The molecule has 0 unspecified atom stereocenters. The lowest BCUT2D eigenvalue weighted by Gasteiger charge is -2.31. The van der Waals surface area contributed by atoms with E-state index in [-0.39, 0.29) is 11.1 Å². The molecule has 2 nitrogen and oxygen atoms in total. The number of hydrogen-bond donors (Lipinski definition) is 0. The van der Waals surface area contributed by atoms with Crippen LogP contribution in [-0.2, 0) is 24.4 Å². The largest absolute Gasteiger partial charge is 0.371 e. The topological polar surface area (TPSA) is 12.5 Å². The highest BCUT2D eigenvalue weighted by atomic mass is 16.5. The second kappa shape index (κ2) is 4.92. The van der Waals surface area contributed by atoms with Crippen LogP contribution in [0.3, 0.4) is 0 Å². The minimum Gasteiger partial charge on any atom is -0.371 e. The van der Waals surface area contributed by atoms with Crippen molar-refractivity contribution in [3.05, 3.63) is 34.9 Å². The van der Waals surface area contributed by atoms with E-state index in [0.29, 0.717) is 6.61 Å². The highest BCUT2D eigenvalue weighted by molar-refractivity contribution is 5.35. The van der Waals surface area contributed by atoms with Gasteiger partial charge in [0.1, 0.15) is 0 Å². The molecule has 1 aromatic rings. The van der Waals surface area contributed by atoms with Crippen molar-refractivity contribution in [2.45, 2.75) is 72.4 Å². The molecule has 1 heterocycles. The summed E-state index contributed by atoms with van der Waals surface area (Å²) in [7, 11) is 0. The van der Waals surface area contributed by atoms with Gasteiger partial charge >= 0.3 is 0 Å². The summed E-state index contributed by atoms with van der Waals surface area (Å²) in [5.74, 6) is 0. The van der Waals surface area contributed by atoms with Crippen molar-refractivity contribution in [1.29, 1.82) is 0 Å². The Labute approximate surface area is 117 Å². The lowest BCUT2D eigenvalue weighted by Crippen LogP contribution is -2.36. The second-order valence-electron chi connectivity index (χ2n) is 7.53. The van der Waals surface area contributed by atoms with E-state index in [2.05, 4.69) is 64.6 Å². The highest BCUT2D eigenvalue weighted by Crippen LogP contribution is 2.30. The Morgan fingerprint density at radius 3 is 2.21 bits per heavy atom. The molecule has 0 radical (unpaired) electrons. The van der Waals surface area contributed by atoms with Gasteiger partial charge in [-0.2, -0.15) is 0 Å². The van der Waals surface area contributed by atoms with E-state index in [9.17, 15) is 0 Å². The van der Waals surface area contributed by atoms with Crippen molar-refractivity contribution < 1.29 is 4.74 Å². The van der Waals surface area contributed by atoms with Crippen molar-refractivity contribution in [2.75, 3.05) is 0 Å². The zero-order valence-electron chi connectivity index (χ0n) is 13.2. The Bertz CT molecular complexity index is 451. The Hall–Kier alpha value is -0.860. The molecule has 2 rings (SSSR count). The predicted octanol–water partition coefficient (Wildman–Crippen LogP) is 4.12. The number of benzene rings is 1. The van der Waals surface area contributed by atoms with Crippen LogP contribution in [0, 0.1) is 0 Å². The fourth-order valence-electron chi connectivity index (χ4n) is 2.31. The Balaban J connectivity index is 2.07. The zero-order chi connectivity index (χ0) is 14.3. The van der Waals surface area contributed by atoms with E-state index in [4.69, 9.17) is 4.74 Å². The summed E-state index contributed by atoms with van der Waals surface area (Å²) < 4.78 is 5.86. The van der Waals surface area contributed by atoms with Crippen molar-refractivity contribution in [3.63, 3.8) is 0 Å². The third-order valence-electron chi connectivity index (χ3n) is 3.61. The molecule has 0 saturated heterocycles. The number of fused-ring (bicyclic) bond motifs is 1. The Morgan fingerprint density at radius 2 is 1.63 bits per heavy atom. The van der Waals surface area contributed by atoms with Crippen LogP contribution in [0.25, 0.3) is 0 Å². The first-order chi connectivity index (χ1) is 8.65. The predicted molar refractivity (Wildman–Crippen MR) is 80.0 cm³/mol. The molecule has 106 valence electrons. The lowest BCUT2D eigenvalue weighted by molar-refractivity contribution is -0.0149. The molecule has 0 aliphatic carbocycles. The van der Waals surface area contributed by atoms with Gasteiger partial charge in [-0.15, -0.1) is 0 Å². The third kappa shape index (κ3) is 3.80. The minimum absolute atomic E-state index is 0.0730. The van der Waals surface area contributed by atoms with Crippen LogP contribution in [0.2, 0.25) is 0 Å². The SMILES string of the molecule is CC(C)(C)OCc1ccc2c(c1)CN(C(C)(C)C)C2. The molecule has 0 saturated carbocycles. The molecule has 0 fully saturated rings. The molecular formula is C17H27NO. The molecule has 1 aliphatic heterocycles. The van der Waals surface area contributed by atoms with Gasteiger partial charge in [0.25, 0.3) is 0 Å². The maximum absolute atomic E-state index is 5.86. The number of hydrogen-bond acceptors (Lipinski definition) is 2. The van der Waals surface area contributed by atoms with Crippen molar-refractivity contribution in [1.82, 2.24) is 4.90 Å².